The van der Waals surface area contributed by atoms with Crippen molar-refractivity contribution in [1.29, 1.82) is 0 Å². The van der Waals surface area contributed by atoms with Gasteiger partial charge in [0, 0.05) is 31.3 Å². The molecule has 1 atom stereocenters. The Morgan fingerprint density at radius 2 is 2.22 bits per heavy atom. The number of rotatable bonds is 3. The Bertz CT molecular complexity index is 744. The molecule has 3 heterocycles. The Kier molecular flexibility index (Phi) is 5.28. The minimum absolute atomic E-state index is 0.101. The van der Waals surface area contributed by atoms with Gasteiger partial charge < -0.3 is 24.6 Å². The van der Waals surface area contributed by atoms with E-state index in [9.17, 15) is 9.59 Å². The molecule has 0 unspecified atom stereocenters. The smallest absolute Gasteiger partial charge is 0.410 e. The highest BCUT2D eigenvalue weighted by Crippen LogP contribution is 2.27. The maximum Gasteiger partial charge on any atom is 0.410 e. The third kappa shape index (κ3) is 4.32. The molecule has 2 aliphatic heterocycles. The molecule has 0 spiro atoms. The van der Waals surface area contributed by atoms with Crippen LogP contribution >= 0.6 is 0 Å². The van der Waals surface area contributed by atoms with E-state index in [-0.39, 0.29) is 18.5 Å². The Morgan fingerprint density at radius 1 is 1.48 bits per heavy atom. The van der Waals surface area contributed by atoms with Gasteiger partial charge in [0.1, 0.15) is 11.4 Å². The summed E-state index contributed by atoms with van der Waals surface area (Å²) < 4.78 is 10.9. The molecule has 0 saturated carbocycles. The molecule has 8 heteroatoms. The standard InChI is InChI=1S/C19H28N4O4/c1-12-11-26-7-6-23(12)16-8-13-14(9-20-17(13)24)15(21-16)10-22(5)18(25)27-19(2,3)4/h8,12H,6-7,9-11H2,1-5H3,(H,20,24)/t12-/m1/s1. The zero-order valence-corrected chi connectivity index (χ0v) is 16.7. The van der Waals surface area contributed by atoms with Crippen LogP contribution in [0.5, 0.6) is 0 Å². The third-order valence-corrected chi connectivity index (χ3v) is 4.62. The number of carbonyl (C=O) groups is 2. The highest BCUT2D eigenvalue weighted by molar-refractivity contribution is 5.99. The molecule has 2 aliphatic rings. The van der Waals surface area contributed by atoms with Crippen LogP contribution in [0.2, 0.25) is 0 Å². The number of morpholine rings is 1. The van der Waals surface area contributed by atoms with Gasteiger partial charge in [-0.1, -0.05) is 0 Å². The van der Waals surface area contributed by atoms with E-state index >= 15 is 0 Å². The van der Waals surface area contributed by atoms with Crippen LogP contribution in [0.25, 0.3) is 0 Å². The Balaban J connectivity index is 1.89. The minimum atomic E-state index is -0.566. The van der Waals surface area contributed by atoms with Gasteiger partial charge >= 0.3 is 6.09 Å². The fourth-order valence-corrected chi connectivity index (χ4v) is 3.25. The van der Waals surface area contributed by atoms with Crippen LogP contribution in [-0.2, 0) is 22.6 Å². The first-order valence-corrected chi connectivity index (χ1v) is 9.25. The molecule has 3 rings (SSSR count). The van der Waals surface area contributed by atoms with E-state index in [1.165, 1.54) is 4.90 Å². The summed E-state index contributed by atoms with van der Waals surface area (Å²) in [4.78, 5) is 33.0. The summed E-state index contributed by atoms with van der Waals surface area (Å²) in [7, 11) is 1.68. The first kappa shape index (κ1) is 19.4. The zero-order chi connectivity index (χ0) is 19.8. The van der Waals surface area contributed by atoms with Crippen molar-refractivity contribution in [2.75, 3.05) is 31.7 Å². The van der Waals surface area contributed by atoms with Crippen molar-refractivity contribution in [2.45, 2.75) is 52.4 Å². The Morgan fingerprint density at radius 3 is 2.89 bits per heavy atom. The lowest BCUT2D eigenvalue weighted by Gasteiger charge is -2.35. The van der Waals surface area contributed by atoms with Crippen LogP contribution in [0.3, 0.4) is 0 Å². The molecule has 2 amide bonds. The molecular formula is C19H28N4O4. The summed E-state index contributed by atoms with van der Waals surface area (Å²) in [5.74, 6) is 0.643. The van der Waals surface area contributed by atoms with Gasteiger partial charge in [-0.05, 0) is 33.8 Å². The normalized spacial score (nSPS) is 19.5. The van der Waals surface area contributed by atoms with E-state index in [1.807, 2.05) is 26.8 Å². The van der Waals surface area contributed by atoms with Gasteiger partial charge in [-0.3, -0.25) is 4.79 Å². The van der Waals surface area contributed by atoms with Crippen molar-refractivity contribution < 1.29 is 19.1 Å². The monoisotopic (exact) mass is 376 g/mol. The predicted molar refractivity (Wildman–Crippen MR) is 101 cm³/mol. The summed E-state index contributed by atoms with van der Waals surface area (Å²) in [6.07, 6.45) is -0.416. The molecule has 1 aromatic heterocycles. The average molecular weight is 376 g/mol. The molecule has 0 aliphatic carbocycles. The second-order valence-electron chi connectivity index (χ2n) is 8.09. The minimum Gasteiger partial charge on any atom is -0.444 e. The van der Waals surface area contributed by atoms with Gasteiger partial charge in [-0.2, -0.15) is 0 Å². The summed E-state index contributed by atoms with van der Waals surface area (Å²) in [6, 6.07) is 2.02. The second kappa shape index (κ2) is 7.34. The number of nitrogens with zero attached hydrogens (tertiary/aromatic N) is 3. The maximum atomic E-state index is 12.3. The largest absolute Gasteiger partial charge is 0.444 e. The fraction of sp³-hybridized carbons (Fsp3) is 0.632. The number of fused-ring (bicyclic) bond motifs is 1. The molecule has 0 bridgehead atoms. The number of ether oxygens (including phenoxy) is 2. The van der Waals surface area contributed by atoms with Gasteiger partial charge in [-0.15, -0.1) is 0 Å². The predicted octanol–water partition coefficient (Wildman–Crippen LogP) is 1.92. The SMILES string of the molecule is C[C@@H]1COCCN1c1cc2c(c(CN(C)C(=O)OC(C)(C)C)n1)CNC2=O. The van der Waals surface area contributed by atoms with E-state index in [4.69, 9.17) is 14.5 Å². The van der Waals surface area contributed by atoms with Gasteiger partial charge in [0.2, 0.25) is 0 Å². The van der Waals surface area contributed by atoms with E-state index in [2.05, 4.69) is 17.1 Å². The van der Waals surface area contributed by atoms with Crippen LogP contribution in [0.1, 0.15) is 49.3 Å². The number of hydrogen-bond acceptors (Lipinski definition) is 6. The van der Waals surface area contributed by atoms with Crippen LogP contribution in [0.4, 0.5) is 10.6 Å². The van der Waals surface area contributed by atoms with Crippen LogP contribution < -0.4 is 10.2 Å². The number of nitrogens with one attached hydrogen (secondary N) is 1. The molecular weight excluding hydrogens is 348 g/mol. The van der Waals surface area contributed by atoms with Crippen molar-refractivity contribution in [2.24, 2.45) is 0 Å². The summed E-state index contributed by atoms with van der Waals surface area (Å²) in [6.45, 7) is 10.2. The molecule has 27 heavy (non-hydrogen) atoms. The number of carbonyl (C=O) groups excluding carboxylic acids is 2. The second-order valence-corrected chi connectivity index (χ2v) is 8.09. The van der Waals surface area contributed by atoms with Crippen molar-refractivity contribution in [3.05, 3.63) is 22.9 Å². The average Bonchev–Trinajstić information content (AvgIpc) is 2.95. The van der Waals surface area contributed by atoms with Crippen LogP contribution in [0, 0.1) is 0 Å². The number of aromatic nitrogens is 1. The lowest BCUT2D eigenvalue weighted by molar-refractivity contribution is 0.0282. The first-order valence-electron chi connectivity index (χ1n) is 9.25. The molecule has 1 fully saturated rings. The molecule has 0 radical (unpaired) electrons. The van der Waals surface area contributed by atoms with E-state index in [1.54, 1.807) is 7.05 Å². The van der Waals surface area contributed by atoms with Crippen LogP contribution in [-0.4, -0.2) is 60.3 Å². The maximum absolute atomic E-state index is 12.3. The van der Waals surface area contributed by atoms with Crippen molar-refractivity contribution in [1.82, 2.24) is 15.2 Å². The summed E-state index contributed by atoms with van der Waals surface area (Å²) >= 11 is 0. The van der Waals surface area contributed by atoms with Gasteiger partial charge in [0.15, 0.2) is 0 Å². The highest BCUT2D eigenvalue weighted by Gasteiger charge is 2.29. The van der Waals surface area contributed by atoms with Crippen molar-refractivity contribution in [3.8, 4) is 0 Å². The fourth-order valence-electron chi connectivity index (χ4n) is 3.25. The van der Waals surface area contributed by atoms with Crippen molar-refractivity contribution >= 4 is 17.8 Å². The van der Waals surface area contributed by atoms with Gasteiger partial charge in [0.25, 0.3) is 5.91 Å². The summed E-state index contributed by atoms with van der Waals surface area (Å²) in [5.41, 5.74) is 1.63. The summed E-state index contributed by atoms with van der Waals surface area (Å²) in [5, 5.41) is 2.85. The Hall–Kier alpha value is -2.35. The first-order chi connectivity index (χ1) is 12.7. The number of amides is 2. The molecule has 1 N–H and O–H groups in total. The van der Waals surface area contributed by atoms with E-state index in [0.29, 0.717) is 31.0 Å². The molecule has 0 aromatic carbocycles. The molecule has 148 valence electrons. The number of pyridine rings is 1. The molecule has 1 saturated heterocycles. The van der Waals surface area contributed by atoms with Crippen LogP contribution in [0.15, 0.2) is 6.07 Å². The topological polar surface area (TPSA) is 84.0 Å². The lowest BCUT2D eigenvalue weighted by Crippen LogP contribution is -2.44. The lowest BCUT2D eigenvalue weighted by atomic mass is 10.1. The molecule has 8 nitrogen and oxygen atoms in total. The van der Waals surface area contributed by atoms with Gasteiger partial charge in [0.05, 0.1) is 31.5 Å². The van der Waals surface area contributed by atoms with E-state index < -0.39 is 11.7 Å². The Labute approximate surface area is 159 Å². The number of hydrogen-bond donors (Lipinski definition) is 1. The van der Waals surface area contributed by atoms with E-state index in [0.717, 1.165) is 17.9 Å². The zero-order valence-electron chi connectivity index (χ0n) is 16.7. The molecule has 1 aromatic rings. The number of anilines is 1. The third-order valence-electron chi connectivity index (χ3n) is 4.62. The quantitative estimate of drug-likeness (QED) is 0.868. The van der Waals surface area contributed by atoms with Gasteiger partial charge in [-0.25, -0.2) is 9.78 Å². The van der Waals surface area contributed by atoms with Crippen molar-refractivity contribution in [3.63, 3.8) is 0 Å². The highest BCUT2D eigenvalue weighted by atomic mass is 16.6.